The number of hydrogen-bond donors (Lipinski definition) is 0. The lowest BCUT2D eigenvalue weighted by Crippen LogP contribution is -2.30. The molecule has 1 atom stereocenters. The molecule has 0 aliphatic heterocycles. The molecule has 0 aromatic carbocycles. The van der Waals surface area contributed by atoms with Gasteiger partial charge in [0, 0.05) is 19.3 Å². The minimum absolute atomic E-state index is 0.0631. The highest BCUT2D eigenvalue weighted by Gasteiger charge is 2.19. The molecule has 0 rings (SSSR count). The zero-order valence-corrected chi connectivity index (χ0v) is 43.9. The average Bonchev–Trinajstić information content (AvgIpc) is 3.27. The van der Waals surface area contributed by atoms with Crippen LogP contribution in [0.4, 0.5) is 0 Å². The van der Waals surface area contributed by atoms with E-state index < -0.39 is 6.10 Å². The molecule has 0 saturated carbocycles. The first-order chi connectivity index (χ1) is 31.2. The van der Waals surface area contributed by atoms with Crippen LogP contribution in [0.3, 0.4) is 0 Å². The Hall–Kier alpha value is -1.59. The normalized spacial score (nSPS) is 12.0. The molecule has 0 saturated heterocycles. The van der Waals surface area contributed by atoms with Crippen molar-refractivity contribution in [2.75, 3.05) is 13.2 Å². The summed E-state index contributed by atoms with van der Waals surface area (Å²) in [5, 5.41) is 0. The molecule has 0 heterocycles. The van der Waals surface area contributed by atoms with Gasteiger partial charge >= 0.3 is 17.9 Å². The second-order valence-corrected chi connectivity index (χ2v) is 20.9. The summed E-state index contributed by atoms with van der Waals surface area (Å²) >= 11 is 0. The molecule has 0 unspecified atom stereocenters. The molecular formula is C58H112O6. The SMILES string of the molecule is CCCCCCCCCCCCCCCCCCCCCC(=O)OC[C@H](COC(=O)CCCCCCCCCCCCC(C)C)OC(=O)CCCCCCCCCCCCCC(C)C. The molecule has 0 fully saturated rings. The zero-order valence-electron chi connectivity index (χ0n) is 43.9. The van der Waals surface area contributed by atoms with Crippen molar-refractivity contribution in [3.8, 4) is 0 Å². The molecule has 0 radical (unpaired) electrons. The standard InChI is InChI=1S/C58H112O6/c1-6-7-8-9-10-11-12-13-14-15-16-17-18-19-22-28-33-38-43-48-56(59)62-51-55(52-63-57(60)49-44-39-34-29-25-24-27-32-37-42-47-54(4)5)64-58(61)50-45-40-35-30-23-20-21-26-31-36-41-46-53(2)3/h53-55H,6-52H2,1-5H3/t55-/m1/s1. The summed E-state index contributed by atoms with van der Waals surface area (Å²) in [6.45, 7) is 11.4. The van der Waals surface area contributed by atoms with Gasteiger partial charge in [-0.3, -0.25) is 14.4 Å². The molecule has 0 spiro atoms. The van der Waals surface area contributed by atoms with Gasteiger partial charge in [-0.2, -0.15) is 0 Å². The maximum Gasteiger partial charge on any atom is 0.306 e. The molecule has 0 aromatic rings. The number of ether oxygens (including phenoxy) is 3. The predicted octanol–water partition coefficient (Wildman–Crippen LogP) is 18.9. The van der Waals surface area contributed by atoms with Crippen LogP contribution in [0.2, 0.25) is 0 Å². The molecule has 6 heteroatoms. The van der Waals surface area contributed by atoms with Crippen LogP contribution in [0.25, 0.3) is 0 Å². The Kier molecular flexibility index (Phi) is 49.6. The van der Waals surface area contributed by atoms with E-state index in [0.29, 0.717) is 19.3 Å². The van der Waals surface area contributed by atoms with E-state index in [2.05, 4.69) is 34.6 Å². The van der Waals surface area contributed by atoms with Crippen LogP contribution in [0.15, 0.2) is 0 Å². The number of hydrogen-bond acceptors (Lipinski definition) is 6. The second-order valence-electron chi connectivity index (χ2n) is 20.9. The van der Waals surface area contributed by atoms with E-state index in [1.165, 1.54) is 212 Å². The monoisotopic (exact) mass is 905 g/mol. The van der Waals surface area contributed by atoms with Crippen molar-refractivity contribution in [1.29, 1.82) is 0 Å². The lowest BCUT2D eigenvalue weighted by Gasteiger charge is -2.18. The Balaban J connectivity index is 4.27. The summed E-state index contributed by atoms with van der Waals surface area (Å²) in [5.41, 5.74) is 0. The molecular weight excluding hydrogens is 793 g/mol. The number of carbonyl (C=O) groups excluding carboxylic acids is 3. The average molecular weight is 906 g/mol. The maximum absolute atomic E-state index is 12.8. The van der Waals surface area contributed by atoms with Crippen molar-refractivity contribution in [3.63, 3.8) is 0 Å². The van der Waals surface area contributed by atoms with Gasteiger partial charge in [0.1, 0.15) is 13.2 Å². The zero-order chi connectivity index (χ0) is 46.8. The van der Waals surface area contributed by atoms with Crippen LogP contribution in [0, 0.1) is 11.8 Å². The lowest BCUT2D eigenvalue weighted by molar-refractivity contribution is -0.167. The molecule has 0 aliphatic carbocycles. The Labute approximate surface area is 399 Å². The van der Waals surface area contributed by atoms with Gasteiger partial charge in [-0.1, -0.05) is 285 Å². The van der Waals surface area contributed by atoms with E-state index >= 15 is 0 Å². The summed E-state index contributed by atoms with van der Waals surface area (Å²) in [7, 11) is 0. The largest absolute Gasteiger partial charge is 0.462 e. The Bertz CT molecular complexity index is 978. The third-order valence-corrected chi connectivity index (χ3v) is 13.2. The Morgan fingerprint density at radius 2 is 0.516 bits per heavy atom. The van der Waals surface area contributed by atoms with Crippen molar-refractivity contribution >= 4 is 17.9 Å². The maximum atomic E-state index is 12.8. The Morgan fingerprint density at radius 1 is 0.297 bits per heavy atom. The van der Waals surface area contributed by atoms with Crippen LogP contribution in [0.1, 0.15) is 324 Å². The highest BCUT2D eigenvalue weighted by atomic mass is 16.6. The van der Waals surface area contributed by atoms with Gasteiger partial charge in [0.25, 0.3) is 0 Å². The molecule has 6 nitrogen and oxygen atoms in total. The molecule has 64 heavy (non-hydrogen) atoms. The van der Waals surface area contributed by atoms with Gasteiger partial charge in [-0.15, -0.1) is 0 Å². The topological polar surface area (TPSA) is 78.9 Å². The summed E-state index contributed by atoms with van der Waals surface area (Å²) in [5.74, 6) is 0.801. The number of esters is 3. The molecule has 0 aliphatic rings. The van der Waals surface area contributed by atoms with E-state index in [1.807, 2.05) is 0 Å². The number of unbranched alkanes of at least 4 members (excludes halogenated alkanes) is 37. The van der Waals surface area contributed by atoms with Crippen LogP contribution in [-0.2, 0) is 28.6 Å². The third-order valence-electron chi connectivity index (χ3n) is 13.2. The molecule has 0 amide bonds. The Morgan fingerprint density at radius 3 is 0.766 bits per heavy atom. The fourth-order valence-electron chi connectivity index (χ4n) is 8.87. The van der Waals surface area contributed by atoms with E-state index in [9.17, 15) is 14.4 Å². The smallest absolute Gasteiger partial charge is 0.306 e. The van der Waals surface area contributed by atoms with Crippen molar-refractivity contribution < 1.29 is 28.6 Å². The summed E-state index contributed by atoms with van der Waals surface area (Å²) in [6, 6.07) is 0. The minimum Gasteiger partial charge on any atom is -0.462 e. The lowest BCUT2D eigenvalue weighted by atomic mass is 10.0. The fourth-order valence-corrected chi connectivity index (χ4v) is 8.87. The molecule has 0 bridgehead atoms. The molecule has 0 aromatic heterocycles. The van der Waals surface area contributed by atoms with Crippen LogP contribution >= 0.6 is 0 Å². The van der Waals surface area contributed by atoms with E-state index in [4.69, 9.17) is 14.2 Å². The second kappa shape index (κ2) is 50.8. The highest BCUT2D eigenvalue weighted by molar-refractivity contribution is 5.71. The third kappa shape index (κ3) is 51.4. The van der Waals surface area contributed by atoms with Crippen molar-refractivity contribution in [2.24, 2.45) is 11.8 Å². The molecule has 0 N–H and O–H groups in total. The van der Waals surface area contributed by atoms with Gasteiger partial charge in [0.2, 0.25) is 0 Å². The van der Waals surface area contributed by atoms with E-state index in [0.717, 1.165) is 69.6 Å². The van der Waals surface area contributed by atoms with Crippen molar-refractivity contribution in [3.05, 3.63) is 0 Å². The summed E-state index contributed by atoms with van der Waals surface area (Å²) < 4.78 is 16.9. The predicted molar refractivity (Wildman–Crippen MR) is 275 cm³/mol. The van der Waals surface area contributed by atoms with Crippen molar-refractivity contribution in [2.45, 2.75) is 330 Å². The first-order valence-electron chi connectivity index (χ1n) is 28.7. The molecule has 380 valence electrons. The minimum atomic E-state index is -0.763. The highest BCUT2D eigenvalue weighted by Crippen LogP contribution is 2.18. The fraction of sp³-hybridized carbons (Fsp3) is 0.948. The number of rotatable bonds is 52. The summed E-state index contributed by atoms with van der Waals surface area (Å²) in [4.78, 5) is 38.1. The quantitative estimate of drug-likeness (QED) is 0.0344. The van der Waals surface area contributed by atoms with Crippen LogP contribution in [-0.4, -0.2) is 37.2 Å². The van der Waals surface area contributed by atoms with Gasteiger partial charge in [0.15, 0.2) is 6.10 Å². The van der Waals surface area contributed by atoms with Crippen LogP contribution < -0.4 is 0 Å². The van der Waals surface area contributed by atoms with Gasteiger partial charge in [0.05, 0.1) is 0 Å². The van der Waals surface area contributed by atoms with Gasteiger partial charge < -0.3 is 14.2 Å². The van der Waals surface area contributed by atoms with Crippen LogP contribution in [0.5, 0.6) is 0 Å². The van der Waals surface area contributed by atoms with E-state index in [1.54, 1.807) is 0 Å². The summed E-state index contributed by atoms with van der Waals surface area (Å²) in [6.07, 6.45) is 53.8. The van der Waals surface area contributed by atoms with Gasteiger partial charge in [-0.05, 0) is 31.1 Å². The van der Waals surface area contributed by atoms with Crippen molar-refractivity contribution in [1.82, 2.24) is 0 Å². The first-order valence-corrected chi connectivity index (χ1v) is 28.7. The first kappa shape index (κ1) is 62.4. The van der Waals surface area contributed by atoms with Gasteiger partial charge in [-0.25, -0.2) is 0 Å². The number of carbonyl (C=O) groups is 3. The van der Waals surface area contributed by atoms with E-state index in [-0.39, 0.29) is 31.1 Å².